The highest BCUT2D eigenvalue weighted by molar-refractivity contribution is 5.75. The maximum atomic E-state index is 10.4. The number of carbonyl (C=O) groups excluding carboxylic acids is 1. The molecule has 58 valence electrons. The van der Waals surface area contributed by atoms with Crippen molar-refractivity contribution in [3.8, 4) is 0 Å². The van der Waals surface area contributed by atoms with E-state index in [1.54, 1.807) is 0 Å². The van der Waals surface area contributed by atoms with Crippen LogP contribution in [0, 0.1) is 5.41 Å². The van der Waals surface area contributed by atoms with Crippen molar-refractivity contribution in [1.82, 2.24) is 5.32 Å². The van der Waals surface area contributed by atoms with E-state index < -0.39 is 0 Å². The fraction of sp³-hybridized carbons (Fsp3) is 0.857. The van der Waals surface area contributed by atoms with Crippen LogP contribution in [0.4, 0.5) is 0 Å². The minimum atomic E-state index is 0.0462. The van der Waals surface area contributed by atoms with Crippen molar-refractivity contribution < 1.29 is 4.79 Å². The van der Waals surface area contributed by atoms with E-state index in [9.17, 15) is 4.79 Å². The summed E-state index contributed by atoms with van der Waals surface area (Å²) in [4.78, 5) is 10.4. The van der Waals surface area contributed by atoms with Gasteiger partial charge in [-0.2, -0.15) is 0 Å². The summed E-state index contributed by atoms with van der Waals surface area (Å²) in [5, 5.41) is 2.75. The quantitative estimate of drug-likeness (QED) is 0.532. The van der Waals surface area contributed by atoms with Gasteiger partial charge in [-0.15, -0.1) is 0 Å². The van der Waals surface area contributed by atoms with Gasteiger partial charge in [-0.25, -0.2) is 0 Å². The van der Waals surface area contributed by atoms with Crippen LogP contribution in [0.25, 0.3) is 0 Å². The van der Waals surface area contributed by atoms with Crippen LogP contribution in [0.2, 0.25) is 0 Å². The smallest absolute Gasteiger partial charge is 0.216 e. The Kier molecular flexibility index (Phi) is 4.16. The molecule has 0 aromatic carbocycles. The zero-order valence-electron chi connectivity index (χ0n) is 8.19. The normalized spacial score (nSPS) is 10.6. The van der Waals surface area contributed by atoms with Crippen LogP contribution in [-0.4, -0.2) is 22.2 Å². The lowest BCUT2D eigenvalue weighted by atomic mass is 9.97. The molecule has 0 rings (SSSR count). The molecule has 0 aromatic heterocycles. The summed E-state index contributed by atoms with van der Waals surface area (Å²) >= 11 is 0. The SMILES string of the molecule is CC(=O)NCC(C)(C)C.[3H][B]. The molecular formula is C7H16BNO. The van der Waals surface area contributed by atoms with Crippen LogP contribution in [0.3, 0.4) is 0 Å². The van der Waals surface area contributed by atoms with Crippen molar-refractivity contribution in [1.29, 1.82) is 1.34 Å². The number of hydrogen-bond acceptors (Lipinski definition) is 1. The van der Waals surface area contributed by atoms with Gasteiger partial charge in [0, 0.05) is 21.8 Å². The molecule has 10 heavy (non-hydrogen) atoms. The van der Waals surface area contributed by atoms with Crippen LogP contribution in [0.5, 0.6) is 0 Å². The summed E-state index contributed by atoms with van der Waals surface area (Å²) in [6, 6.07) is 0. The Hall–Kier alpha value is -0.465. The van der Waals surface area contributed by atoms with Crippen molar-refractivity contribution in [2.75, 3.05) is 6.54 Å². The molecule has 2 radical (unpaired) electrons. The predicted octanol–water partition coefficient (Wildman–Crippen LogP) is 0.520. The molecule has 0 fully saturated rings. The Labute approximate surface area is 66.3 Å². The monoisotopic (exact) mass is 143 g/mol. The van der Waals surface area contributed by atoms with Gasteiger partial charge in [0.15, 0.2) is 0 Å². The number of amides is 1. The van der Waals surface area contributed by atoms with Crippen molar-refractivity contribution in [3.05, 3.63) is 0 Å². The third-order valence-electron chi connectivity index (χ3n) is 0.868. The average molecular weight is 143 g/mol. The maximum Gasteiger partial charge on any atom is 0.216 e. The van der Waals surface area contributed by atoms with Gasteiger partial charge in [-0.05, 0) is 6.75 Å². The highest BCUT2D eigenvalue weighted by atomic mass is 16.1. The first-order valence-electron chi connectivity index (χ1n) is 3.74. The van der Waals surface area contributed by atoms with E-state index in [4.69, 9.17) is 1.34 Å². The first kappa shape index (κ1) is 9.53. The zero-order valence-corrected chi connectivity index (χ0v) is 7.19. The molecule has 0 heterocycles. The minimum absolute atomic E-state index is 0.0462. The Morgan fingerprint density at radius 2 is 2.00 bits per heavy atom. The van der Waals surface area contributed by atoms with E-state index in [0.29, 0.717) is 0 Å². The van der Waals surface area contributed by atoms with Crippen molar-refractivity contribution in [3.63, 3.8) is 0 Å². The van der Waals surface area contributed by atoms with Gasteiger partial charge in [-0.3, -0.25) is 4.79 Å². The topological polar surface area (TPSA) is 29.1 Å². The molecule has 3 heteroatoms. The molecule has 0 aromatic rings. The van der Waals surface area contributed by atoms with Gasteiger partial charge in [0.1, 0.15) is 0 Å². The fourth-order valence-electron chi connectivity index (χ4n) is 0.390. The molecule has 0 aliphatic heterocycles. The molecule has 0 bridgehead atoms. The summed E-state index contributed by atoms with van der Waals surface area (Å²) in [7, 11) is 3.75. The molecule has 0 saturated carbocycles. The maximum absolute atomic E-state index is 10.4. The molecule has 0 atom stereocenters. The lowest BCUT2D eigenvalue weighted by molar-refractivity contribution is -0.119. The minimum Gasteiger partial charge on any atom is -0.356 e. The molecule has 1 N–H and O–H groups in total. The first-order valence-corrected chi connectivity index (χ1v) is 3.16. The Morgan fingerprint density at radius 1 is 1.60 bits per heavy atom. The van der Waals surface area contributed by atoms with Crippen LogP contribution in [0.1, 0.15) is 27.7 Å². The van der Waals surface area contributed by atoms with Crippen molar-refractivity contribution in [2.45, 2.75) is 27.7 Å². The summed E-state index contributed by atoms with van der Waals surface area (Å²) in [5.74, 6) is 0.0462. The molecule has 2 nitrogen and oxygen atoms in total. The van der Waals surface area contributed by atoms with E-state index in [2.05, 4.69) is 34.5 Å². The van der Waals surface area contributed by atoms with Gasteiger partial charge >= 0.3 is 0 Å². The third-order valence-corrected chi connectivity index (χ3v) is 0.868. The molecular weight excluding hydrogens is 125 g/mol. The molecule has 0 unspecified atom stereocenters. The fourth-order valence-corrected chi connectivity index (χ4v) is 0.390. The number of rotatable bonds is 1. The largest absolute Gasteiger partial charge is 0.356 e. The van der Waals surface area contributed by atoms with E-state index in [0.717, 1.165) is 6.54 Å². The number of hydrogen-bond donors (Lipinski definition) is 1. The van der Waals surface area contributed by atoms with Gasteiger partial charge in [0.25, 0.3) is 0 Å². The second-order valence-corrected chi connectivity index (χ2v) is 3.47. The van der Waals surface area contributed by atoms with E-state index >= 15 is 0 Å². The number of nitrogens with one attached hydrogen (secondary N) is 1. The van der Waals surface area contributed by atoms with E-state index in [-0.39, 0.29) is 11.3 Å². The van der Waals surface area contributed by atoms with Crippen molar-refractivity contribution >= 4 is 14.3 Å². The van der Waals surface area contributed by atoms with Crippen LogP contribution < -0.4 is 5.32 Å². The van der Waals surface area contributed by atoms with Gasteiger partial charge < -0.3 is 5.32 Å². The van der Waals surface area contributed by atoms with E-state index in [1.807, 2.05) is 0 Å². The standard InChI is InChI=1S/C7H15NO.BH/c1-6(9)8-5-7(2,3)4;/h5H2,1-4H3,(H,8,9);1H/i;1T. The second-order valence-electron chi connectivity index (χ2n) is 3.47. The number of carbonyl (C=O) groups is 1. The Balaban J connectivity index is 0. The van der Waals surface area contributed by atoms with Crippen LogP contribution in [-0.2, 0) is 4.79 Å². The first-order chi connectivity index (χ1) is 4.92. The molecule has 0 aliphatic rings. The van der Waals surface area contributed by atoms with Crippen LogP contribution in [0.15, 0.2) is 0 Å². The average Bonchev–Trinajstić information content (AvgIpc) is 1.87. The highest BCUT2D eigenvalue weighted by Crippen LogP contribution is 2.09. The van der Waals surface area contributed by atoms with E-state index in [1.165, 1.54) is 6.92 Å². The third kappa shape index (κ3) is 10.5. The molecule has 0 spiro atoms. The summed E-state index contributed by atoms with van der Waals surface area (Å²) in [5.41, 5.74) is 0.200. The lowest BCUT2D eigenvalue weighted by Gasteiger charge is -2.17. The van der Waals surface area contributed by atoms with Gasteiger partial charge in [-0.1, -0.05) is 20.8 Å². The summed E-state index contributed by atoms with van der Waals surface area (Å²) < 4.78 is 5.25. The second kappa shape index (κ2) is 4.37. The van der Waals surface area contributed by atoms with Gasteiger partial charge in [0.05, 0.1) is 0 Å². The van der Waals surface area contributed by atoms with Gasteiger partial charge in [0.2, 0.25) is 5.91 Å². The highest BCUT2D eigenvalue weighted by Gasteiger charge is 2.09. The lowest BCUT2D eigenvalue weighted by Crippen LogP contribution is -2.30. The molecule has 0 aliphatic carbocycles. The zero-order chi connectivity index (χ0) is 9.49. The molecule has 0 saturated heterocycles. The Morgan fingerprint density at radius 3 is 2.10 bits per heavy atom. The van der Waals surface area contributed by atoms with Crippen molar-refractivity contribution in [2.24, 2.45) is 5.41 Å². The predicted molar refractivity (Wildman–Crippen MR) is 45.3 cm³/mol. The summed E-state index contributed by atoms with van der Waals surface area (Å²) in [6.45, 7) is 8.54. The molecule has 1 amide bonds. The van der Waals surface area contributed by atoms with Crippen LogP contribution >= 0.6 is 0 Å². The summed E-state index contributed by atoms with van der Waals surface area (Å²) in [6.07, 6.45) is 0. The Bertz CT molecular complexity index is 111.